The molecule has 3 heteroatoms. The van der Waals surface area contributed by atoms with Crippen molar-refractivity contribution in [3.05, 3.63) is 54.2 Å². The number of benzene rings is 1. The highest BCUT2D eigenvalue weighted by molar-refractivity contribution is 5.33. The van der Waals surface area contributed by atoms with Crippen LogP contribution in [0.25, 0.3) is 0 Å². The van der Waals surface area contributed by atoms with Gasteiger partial charge in [-0.15, -0.1) is 0 Å². The standard InChI is InChI=1S/C16H19NO2/c1-3-14(13-9-6-5-7-10-13)19-15-11-8-12-17-16(15)18-4-2/h5-12,14H,3-4H2,1-2H3/t14-/m1/s1. The first-order valence-electron chi connectivity index (χ1n) is 6.64. The van der Waals surface area contributed by atoms with Crippen molar-refractivity contribution in [3.63, 3.8) is 0 Å². The Morgan fingerprint density at radius 2 is 1.84 bits per heavy atom. The van der Waals surface area contributed by atoms with Crippen molar-refractivity contribution in [2.75, 3.05) is 6.61 Å². The predicted octanol–water partition coefficient (Wildman–Crippen LogP) is 4.01. The van der Waals surface area contributed by atoms with E-state index < -0.39 is 0 Å². The molecular formula is C16H19NO2. The van der Waals surface area contributed by atoms with Crippen LogP contribution in [-0.4, -0.2) is 11.6 Å². The van der Waals surface area contributed by atoms with Crippen molar-refractivity contribution in [3.8, 4) is 11.6 Å². The fraction of sp³-hybridized carbons (Fsp3) is 0.312. The molecule has 1 atom stereocenters. The van der Waals surface area contributed by atoms with Crippen molar-refractivity contribution in [2.24, 2.45) is 0 Å². The Labute approximate surface area is 114 Å². The van der Waals surface area contributed by atoms with Gasteiger partial charge in [0.2, 0.25) is 0 Å². The third-order valence-corrected chi connectivity index (χ3v) is 2.83. The molecule has 0 amide bonds. The van der Waals surface area contributed by atoms with Crippen molar-refractivity contribution >= 4 is 0 Å². The molecule has 3 nitrogen and oxygen atoms in total. The van der Waals surface area contributed by atoms with Gasteiger partial charge in [-0.05, 0) is 31.0 Å². The molecule has 1 aromatic carbocycles. The van der Waals surface area contributed by atoms with Crippen LogP contribution in [0.5, 0.6) is 11.6 Å². The minimum Gasteiger partial charge on any atom is -0.480 e. The highest BCUT2D eigenvalue weighted by Gasteiger charge is 2.14. The van der Waals surface area contributed by atoms with Gasteiger partial charge in [-0.25, -0.2) is 4.98 Å². The summed E-state index contributed by atoms with van der Waals surface area (Å²) in [6.07, 6.45) is 2.62. The van der Waals surface area contributed by atoms with E-state index in [1.165, 1.54) is 0 Å². The van der Waals surface area contributed by atoms with Crippen molar-refractivity contribution in [1.29, 1.82) is 0 Å². The Balaban J connectivity index is 2.19. The largest absolute Gasteiger partial charge is 0.480 e. The average Bonchev–Trinajstić information content (AvgIpc) is 2.47. The zero-order chi connectivity index (χ0) is 13.5. The van der Waals surface area contributed by atoms with Crippen LogP contribution >= 0.6 is 0 Å². The van der Waals surface area contributed by atoms with Gasteiger partial charge in [0.15, 0.2) is 5.75 Å². The molecule has 0 bridgehead atoms. The lowest BCUT2D eigenvalue weighted by Gasteiger charge is -2.19. The second-order valence-corrected chi connectivity index (χ2v) is 4.17. The first-order chi connectivity index (χ1) is 9.35. The number of hydrogen-bond donors (Lipinski definition) is 0. The smallest absolute Gasteiger partial charge is 0.257 e. The lowest BCUT2D eigenvalue weighted by molar-refractivity contribution is 0.186. The van der Waals surface area contributed by atoms with Gasteiger partial charge in [0.25, 0.3) is 5.88 Å². The maximum absolute atomic E-state index is 6.05. The SMILES string of the molecule is CCOc1ncccc1O[C@H](CC)c1ccccc1. The highest BCUT2D eigenvalue weighted by Crippen LogP contribution is 2.30. The van der Waals surface area contributed by atoms with E-state index >= 15 is 0 Å². The van der Waals surface area contributed by atoms with Gasteiger partial charge in [-0.2, -0.15) is 0 Å². The first-order valence-corrected chi connectivity index (χ1v) is 6.64. The monoisotopic (exact) mass is 257 g/mol. The van der Waals surface area contributed by atoms with Gasteiger partial charge >= 0.3 is 0 Å². The fourth-order valence-corrected chi connectivity index (χ4v) is 1.92. The van der Waals surface area contributed by atoms with Crippen LogP contribution in [0.3, 0.4) is 0 Å². The van der Waals surface area contributed by atoms with Gasteiger partial charge < -0.3 is 9.47 Å². The van der Waals surface area contributed by atoms with Gasteiger partial charge in [-0.1, -0.05) is 37.3 Å². The van der Waals surface area contributed by atoms with Crippen LogP contribution in [-0.2, 0) is 0 Å². The second-order valence-electron chi connectivity index (χ2n) is 4.17. The Hall–Kier alpha value is -2.03. The minimum atomic E-state index is 0.0182. The van der Waals surface area contributed by atoms with Gasteiger partial charge in [0, 0.05) is 6.20 Å². The molecule has 2 aromatic rings. The summed E-state index contributed by atoms with van der Waals surface area (Å²) in [6.45, 7) is 4.62. The average molecular weight is 257 g/mol. The van der Waals surface area contributed by atoms with Crippen LogP contribution in [0.4, 0.5) is 0 Å². The van der Waals surface area contributed by atoms with E-state index in [4.69, 9.17) is 9.47 Å². The predicted molar refractivity (Wildman–Crippen MR) is 75.5 cm³/mol. The molecule has 0 N–H and O–H groups in total. The molecule has 0 fully saturated rings. The number of ether oxygens (including phenoxy) is 2. The van der Waals surface area contributed by atoms with Gasteiger partial charge in [0.05, 0.1) is 6.61 Å². The lowest BCUT2D eigenvalue weighted by Crippen LogP contribution is -2.08. The van der Waals surface area contributed by atoms with E-state index in [0.29, 0.717) is 18.2 Å². The van der Waals surface area contributed by atoms with Crippen molar-refractivity contribution < 1.29 is 9.47 Å². The highest BCUT2D eigenvalue weighted by atomic mass is 16.5. The van der Waals surface area contributed by atoms with Crippen molar-refractivity contribution in [2.45, 2.75) is 26.4 Å². The summed E-state index contributed by atoms with van der Waals surface area (Å²) in [5.74, 6) is 1.25. The summed E-state index contributed by atoms with van der Waals surface area (Å²) in [7, 11) is 0. The van der Waals surface area contributed by atoms with E-state index in [9.17, 15) is 0 Å². The molecule has 0 unspecified atom stereocenters. The molecule has 0 saturated heterocycles. The molecule has 1 aromatic heterocycles. The van der Waals surface area contributed by atoms with Crippen molar-refractivity contribution in [1.82, 2.24) is 4.98 Å². The molecule has 0 aliphatic heterocycles. The number of aromatic nitrogens is 1. The van der Waals surface area contributed by atoms with E-state index in [0.717, 1.165) is 12.0 Å². The molecule has 0 radical (unpaired) electrons. The van der Waals surface area contributed by atoms with Crippen LogP contribution in [0.2, 0.25) is 0 Å². The Kier molecular flexibility index (Phi) is 4.78. The van der Waals surface area contributed by atoms with E-state index in [1.54, 1.807) is 6.20 Å². The third-order valence-electron chi connectivity index (χ3n) is 2.83. The lowest BCUT2D eigenvalue weighted by atomic mass is 10.1. The minimum absolute atomic E-state index is 0.0182. The summed E-state index contributed by atoms with van der Waals surface area (Å²) in [5.41, 5.74) is 1.16. The normalized spacial score (nSPS) is 11.9. The molecule has 0 spiro atoms. The van der Waals surface area contributed by atoms with Crippen LogP contribution in [0.15, 0.2) is 48.7 Å². The quantitative estimate of drug-likeness (QED) is 0.783. The van der Waals surface area contributed by atoms with Crippen LogP contribution in [0, 0.1) is 0 Å². The number of rotatable bonds is 6. The topological polar surface area (TPSA) is 31.4 Å². The number of nitrogens with zero attached hydrogens (tertiary/aromatic N) is 1. The summed E-state index contributed by atoms with van der Waals surface area (Å²) in [5, 5.41) is 0. The summed E-state index contributed by atoms with van der Waals surface area (Å²) in [6, 6.07) is 13.9. The molecule has 0 aliphatic carbocycles. The molecule has 2 rings (SSSR count). The maximum atomic E-state index is 6.05. The summed E-state index contributed by atoms with van der Waals surface area (Å²) < 4.78 is 11.5. The van der Waals surface area contributed by atoms with Gasteiger partial charge in [-0.3, -0.25) is 0 Å². The van der Waals surface area contributed by atoms with Crippen LogP contribution in [0.1, 0.15) is 31.9 Å². The number of pyridine rings is 1. The third kappa shape index (κ3) is 3.47. The molecule has 1 heterocycles. The van der Waals surface area contributed by atoms with E-state index in [1.807, 2.05) is 37.3 Å². The zero-order valence-corrected chi connectivity index (χ0v) is 11.4. The second kappa shape index (κ2) is 6.78. The zero-order valence-electron chi connectivity index (χ0n) is 11.4. The molecule has 0 saturated carbocycles. The molecule has 19 heavy (non-hydrogen) atoms. The molecule has 100 valence electrons. The number of hydrogen-bond acceptors (Lipinski definition) is 3. The van der Waals surface area contributed by atoms with E-state index in [-0.39, 0.29) is 6.10 Å². The van der Waals surface area contributed by atoms with Crippen LogP contribution < -0.4 is 9.47 Å². The fourth-order valence-electron chi connectivity index (χ4n) is 1.92. The Morgan fingerprint density at radius 3 is 2.53 bits per heavy atom. The van der Waals surface area contributed by atoms with Gasteiger partial charge in [0.1, 0.15) is 6.10 Å². The summed E-state index contributed by atoms with van der Waals surface area (Å²) in [4.78, 5) is 4.20. The van der Waals surface area contributed by atoms with E-state index in [2.05, 4.69) is 24.0 Å². The molecule has 0 aliphatic rings. The first kappa shape index (κ1) is 13.4. The Morgan fingerprint density at radius 1 is 1.05 bits per heavy atom. The maximum Gasteiger partial charge on any atom is 0.257 e. The molecular weight excluding hydrogens is 238 g/mol. The Bertz CT molecular complexity index is 499. The summed E-state index contributed by atoms with van der Waals surface area (Å²) >= 11 is 0.